The fourth-order valence-corrected chi connectivity index (χ4v) is 4.41. The van der Waals surface area contributed by atoms with Gasteiger partial charge in [0.05, 0.1) is 18.0 Å². The third-order valence-electron chi connectivity index (χ3n) is 4.10. The number of rotatable bonds is 8. The van der Waals surface area contributed by atoms with Crippen LogP contribution in [-0.2, 0) is 23.0 Å². The Morgan fingerprint density at radius 3 is 2.62 bits per heavy atom. The first kappa shape index (κ1) is 21.1. The van der Waals surface area contributed by atoms with Crippen molar-refractivity contribution in [2.45, 2.75) is 25.4 Å². The van der Waals surface area contributed by atoms with Gasteiger partial charge in [-0.25, -0.2) is 4.79 Å². The second-order valence-corrected chi connectivity index (χ2v) is 8.08. The minimum absolute atomic E-state index is 0.161. The standard InChI is InChI=1S/C20H22N4O3S2/c1-4-16-22-23-20(24(16)3)28-12-17(25)21-14-11-15(13-9-7-6-8-10-13)29-18(14)19(26)27-5-2/h6-11H,4-5,12H2,1-3H3,(H,21,25). The van der Waals surface area contributed by atoms with Crippen molar-refractivity contribution >= 4 is 40.7 Å². The molecule has 0 fully saturated rings. The summed E-state index contributed by atoms with van der Waals surface area (Å²) >= 11 is 2.61. The minimum atomic E-state index is -0.441. The van der Waals surface area contributed by atoms with Gasteiger partial charge < -0.3 is 14.6 Å². The van der Waals surface area contributed by atoms with E-state index >= 15 is 0 Å². The number of aryl methyl sites for hydroxylation is 1. The molecule has 1 amide bonds. The van der Waals surface area contributed by atoms with Crippen LogP contribution in [0.1, 0.15) is 29.3 Å². The van der Waals surface area contributed by atoms with Crippen molar-refractivity contribution in [3.05, 3.63) is 47.1 Å². The van der Waals surface area contributed by atoms with Gasteiger partial charge in [-0.15, -0.1) is 21.5 Å². The van der Waals surface area contributed by atoms with E-state index in [2.05, 4.69) is 15.5 Å². The van der Waals surface area contributed by atoms with E-state index in [0.29, 0.717) is 15.7 Å². The first-order valence-electron chi connectivity index (χ1n) is 9.20. The number of nitrogens with one attached hydrogen (secondary N) is 1. The molecule has 0 aliphatic heterocycles. The summed E-state index contributed by atoms with van der Waals surface area (Å²) in [6.45, 7) is 4.03. The van der Waals surface area contributed by atoms with Crippen molar-refractivity contribution in [3.63, 3.8) is 0 Å². The van der Waals surface area contributed by atoms with Gasteiger partial charge >= 0.3 is 5.97 Å². The molecule has 3 rings (SSSR count). The molecule has 0 atom stereocenters. The third-order valence-corrected chi connectivity index (χ3v) is 6.28. The van der Waals surface area contributed by atoms with Crippen LogP contribution in [0.4, 0.5) is 5.69 Å². The van der Waals surface area contributed by atoms with Gasteiger partial charge in [-0.3, -0.25) is 4.79 Å². The van der Waals surface area contributed by atoms with Gasteiger partial charge in [0, 0.05) is 18.3 Å². The Bertz CT molecular complexity index is 999. The van der Waals surface area contributed by atoms with Crippen LogP contribution in [0.3, 0.4) is 0 Å². The molecule has 7 nitrogen and oxygen atoms in total. The number of amides is 1. The zero-order valence-corrected chi connectivity index (χ0v) is 18.1. The summed E-state index contributed by atoms with van der Waals surface area (Å²) in [5.74, 6) is 0.361. The van der Waals surface area contributed by atoms with Crippen LogP contribution >= 0.6 is 23.1 Å². The Labute approximate surface area is 177 Å². The Morgan fingerprint density at radius 1 is 1.21 bits per heavy atom. The van der Waals surface area contributed by atoms with Crippen LogP contribution < -0.4 is 5.32 Å². The van der Waals surface area contributed by atoms with Crippen molar-refractivity contribution < 1.29 is 14.3 Å². The molecule has 0 bridgehead atoms. The molecule has 0 saturated carbocycles. The van der Waals surface area contributed by atoms with Gasteiger partial charge in [0.25, 0.3) is 0 Å². The first-order valence-corrected chi connectivity index (χ1v) is 11.0. The number of aromatic nitrogens is 3. The first-order chi connectivity index (χ1) is 14.0. The molecule has 0 spiro atoms. The Hall–Kier alpha value is -2.65. The van der Waals surface area contributed by atoms with Crippen LogP contribution in [0, 0.1) is 0 Å². The summed E-state index contributed by atoms with van der Waals surface area (Å²) < 4.78 is 7.03. The number of carbonyl (C=O) groups is 2. The summed E-state index contributed by atoms with van der Waals surface area (Å²) in [7, 11) is 1.88. The smallest absolute Gasteiger partial charge is 0.350 e. The van der Waals surface area contributed by atoms with Gasteiger partial charge in [-0.05, 0) is 18.6 Å². The van der Waals surface area contributed by atoms with Gasteiger partial charge in [-0.2, -0.15) is 0 Å². The van der Waals surface area contributed by atoms with Crippen LogP contribution in [0.15, 0.2) is 41.6 Å². The molecule has 152 valence electrons. The Kier molecular flexibility index (Phi) is 7.05. The molecule has 0 aliphatic carbocycles. The molecule has 0 unspecified atom stereocenters. The lowest BCUT2D eigenvalue weighted by molar-refractivity contribution is -0.113. The van der Waals surface area contributed by atoms with Crippen LogP contribution in [0.5, 0.6) is 0 Å². The van der Waals surface area contributed by atoms with Crippen molar-refractivity contribution in [2.75, 3.05) is 17.7 Å². The third kappa shape index (κ3) is 5.04. The van der Waals surface area contributed by atoms with E-state index in [-0.39, 0.29) is 18.3 Å². The number of thiophene rings is 1. The second-order valence-electron chi connectivity index (χ2n) is 6.09. The minimum Gasteiger partial charge on any atom is -0.462 e. The zero-order chi connectivity index (χ0) is 20.8. The molecule has 3 aromatic rings. The van der Waals surface area contributed by atoms with E-state index in [1.54, 1.807) is 6.92 Å². The highest BCUT2D eigenvalue weighted by Crippen LogP contribution is 2.35. The fraction of sp³-hybridized carbons (Fsp3) is 0.300. The van der Waals surface area contributed by atoms with E-state index < -0.39 is 5.97 Å². The van der Waals surface area contributed by atoms with Crippen LogP contribution in [0.25, 0.3) is 10.4 Å². The van der Waals surface area contributed by atoms with Gasteiger partial charge in [0.2, 0.25) is 5.91 Å². The molecule has 9 heteroatoms. The molecule has 29 heavy (non-hydrogen) atoms. The quantitative estimate of drug-likeness (QED) is 0.429. The van der Waals surface area contributed by atoms with E-state index in [0.717, 1.165) is 22.7 Å². The monoisotopic (exact) mass is 430 g/mol. The average molecular weight is 431 g/mol. The maximum absolute atomic E-state index is 12.5. The number of carbonyl (C=O) groups excluding carboxylic acids is 2. The number of anilines is 1. The summed E-state index contributed by atoms with van der Waals surface area (Å²) in [4.78, 5) is 26.1. The summed E-state index contributed by atoms with van der Waals surface area (Å²) in [6.07, 6.45) is 0.774. The van der Waals surface area contributed by atoms with Crippen molar-refractivity contribution in [3.8, 4) is 10.4 Å². The predicted octanol–water partition coefficient (Wildman–Crippen LogP) is 4.01. The number of thioether (sulfide) groups is 1. The lowest BCUT2D eigenvalue weighted by Gasteiger charge is -2.06. The predicted molar refractivity (Wildman–Crippen MR) is 115 cm³/mol. The van der Waals surface area contributed by atoms with E-state index in [1.807, 2.05) is 54.9 Å². The van der Waals surface area contributed by atoms with E-state index in [1.165, 1.54) is 23.1 Å². The highest BCUT2D eigenvalue weighted by Gasteiger charge is 2.20. The highest BCUT2D eigenvalue weighted by atomic mass is 32.2. The summed E-state index contributed by atoms with van der Waals surface area (Å²) in [6, 6.07) is 11.5. The number of hydrogen-bond donors (Lipinski definition) is 1. The SMILES string of the molecule is CCOC(=O)c1sc(-c2ccccc2)cc1NC(=O)CSc1nnc(CC)n1C. The van der Waals surface area contributed by atoms with Crippen molar-refractivity contribution in [2.24, 2.45) is 7.05 Å². The van der Waals surface area contributed by atoms with Crippen molar-refractivity contribution in [1.82, 2.24) is 14.8 Å². The summed E-state index contributed by atoms with van der Waals surface area (Å²) in [5, 5.41) is 11.7. The number of ether oxygens (including phenoxy) is 1. The van der Waals surface area contributed by atoms with Gasteiger partial charge in [0.15, 0.2) is 5.16 Å². The molecular formula is C20H22N4O3S2. The Balaban J connectivity index is 1.75. The van der Waals surface area contributed by atoms with Gasteiger partial charge in [0.1, 0.15) is 10.7 Å². The van der Waals surface area contributed by atoms with E-state index in [4.69, 9.17) is 4.74 Å². The molecule has 0 aliphatic rings. The van der Waals surface area contributed by atoms with Gasteiger partial charge in [-0.1, -0.05) is 49.0 Å². The lowest BCUT2D eigenvalue weighted by atomic mass is 10.2. The molecule has 2 aromatic heterocycles. The van der Waals surface area contributed by atoms with E-state index in [9.17, 15) is 9.59 Å². The van der Waals surface area contributed by atoms with Crippen molar-refractivity contribution in [1.29, 1.82) is 0 Å². The lowest BCUT2D eigenvalue weighted by Crippen LogP contribution is -2.16. The summed E-state index contributed by atoms with van der Waals surface area (Å²) in [5.41, 5.74) is 1.44. The average Bonchev–Trinajstić information content (AvgIpc) is 3.30. The fourth-order valence-electron chi connectivity index (χ4n) is 2.67. The number of nitrogens with zero attached hydrogens (tertiary/aromatic N) is 3. The number of esters is 1. The van der Waals surface area contributed by atoms with Crippen LogP contribution in [0.2, 0.25) is 0 Å². The molecule has 0 radical (unpaired) electrons. The topological polar surface area (TPSA) is 86.1 Å². The Morgan fingerprint density at radius 2 is 1.97 bits per heavy atom. The number of hydrogen-bond acceptors (Lipinski definition) is 7. The maximum atomic E-state index is 12.5. The normalized spacial score (nSPS) is 10.7. The molecule has 0 saturated heterocycles. The highest BCUT2D eigenvalue weighted by molar-refractivity contribution is 7.99. The maximum Gasteiger partial charge on any atom is 0.350 e. The molecule has 1 aromatic carbocycles. The molecule has 1 N–H and O–H groups in total. The zero-order valence-electron chi connectivity index (χ0n) is 16.5. The second kappa shape index (κ2) is 9.71. The number of benzene rings is 1. The molecule has 2 heterocycles. The largest absolute Gasteiger partial charge is 0.462 e. The molecular weight excluding hydrogens is 408 g/mol. The van der Waals surface area contributed by atoms with Crippen LogP contribution in [-0.4, -0.2) is 39.0 Å².